The van der Waals surface area contributed by atoms with Gasteiger partial charge in [-0.3, -0.25) is 4.99 Å². The van der Waals surface area contributed by atoms with Crippen molar-refractivity contribution in [3.63, 3.8) is 0 Å². The topological polar surface area (TPSA) is 64.1 Å². The second-order valence-electron chi connectivity index (χ2n) is 6.69. The summed E-state index contributed by atoms with van der Waals surface area (Å²) in [6.45, 7) is 7.77. The molecule has 29 heavy (non-hydrogen) atoms. The number of ether oxygens (including phenoxy) is 3. The molecule has 0 atom stereocenters. The molecule has 0 saturated heterocycles. The van der Waals surface area contributed by atoms with E-state index >= 15 is 0 Å². The summed E-state index contributed by atoms with van der Waals surface area (Å²) in [5.74, 6) is 1.61. The van der Waals surface area contributed by atoms with E-state index in [-0.39, 0.29) is 0 Å². The molecule has 0 amide bonds. The van der Waals surface area contributed by atoms with Gasteiger partial charge >= 0.3 is 0 Å². The molecule has 0 fully saturated rings. The molecular weight excluding hydrogens is 366 g/mol. The number of aryl methyl sites for hydroxylation is 1. The summed E-state index contributed by atoms with van der Waals surface area (Å²) in [6, 6.07) is 14.5. The van der Waals surface area contributed by atoms with Gasteiger partial charge in [-0.05, 0) is 36.6 Å². The minimum Gasteiger partial charge on any atom is -0.491 e. The average molecular weight is 400 g/mol. The normalized spacial score (nSPS) is 11.4. The fourth-order valence-electron chi connectivity index (χ4n) is 2.88. The molecule has 2 aromatic rings. The zero-order chi connectivity index (χ0) is 20.9. The lowest BCUT2D eigenvalue weighted by Gasteiger charge is -2.16. The minimum atomic E-state index is 0.537. The molecule has 0 aromatic heterocycles. The van der Waals surface area contributed by atoms with E-state index in [2.05, 4.69) is 58.9 Å². The van der Waals surface area contributed by atoms with Gasteiger partial charge in [-0.15, -0.1) is 0 Å². The zero-order valence-corrected chi connectivity index (χ0v) is 18.0. The molecule has 0 heterocycles. The SMILES string of the molecule is CCOCCOc1cc(C)ccc1CNC(=NC)NCc1cccc(COC)c1. The fourth-order valence-corrected chi connectivity index (χ4v) is 2.88. The number of guanidine groups is 1. The second kappa shape index (κ2) is 12.8. The zero-order valence-electron chi connectivity index (χ0n) is 18.0. The largest absolute Gasteiger partial charge is 0.491 e. The summed E-state index contributed by atoms with van der Waals surface area (Å²) < 4.78 is 16.5. The van der Waals surface area contributed by atoms with Gasteiger partial charge in [0.1, 0.15) is 12.4 Å². The fraction of sp³-hybridized carbons (Fsp3) is 0.435. The number of rotatable bonds is 11. The van der Waals surface area contributed by atoms with Crippen LogP contribution in [0.3, 0.4) is 0 Å². The van der Waals surface area contributed by atoms with Crippen molar-refractivity contribution in [2.75, 3.05) is 34.0 Å². The lowest BCUT2D eigenvalue weighted by Crippen LogP contribution is -2.36. The highest BCUT2D eigenvalue weighted by molar-refractivity contribution is 5.79. The predicted molar refractivity (Wildman–Crippen MR) is 117 cm³/mol. The summed E-state index contributed by atoms with van der Waals surface area (Å²) in [4.78, 5) is 4.32. The maximum absolute atomic E-state index is 5.91. The minimum absolute atomic E-state index is 0.537. The van der Waals surface area contributed by atoms with Gasteiger partial charge in [0, 0.05) is 39.4 Å². The Labute approximate surface area is 174 Å². The molecule has 0 aliphatic carbocycles. The maximum atomic E-state index is 5.91. The molecule has 0 spiro atoms. The maximum Gasteiger partial charge on any atom is 0.191 e. The highest BCUT2D eigenvalue weighted by Crippen LogP contribution is 2.20. The van der Waals surface area contributed by atoms with Crippen LogP contribution in [0.5, 0.6) is 5.75 Å². The van der Waals surface area contributed by atoms with E-state index in [0.717, 1.165) is 22.8 Å². The third-order valence-electron chi connectivity index (χ3n) is 4.34. The third kappa shape index (κ3) is 8.13. The Balaban J connectivity index is 1.91. The number of methoxy groups -OCH3 is 1. The smallest absolute Gasteiger partial charge is 0.191 e. The number of hydrogen-bond acceptors (Lipinski definition) is 4. The van der Waals surface area contributed by atoms with Crippen LogP contribution in [0.2, 0.25) is 0 Å². The van der Waals surface area contributed by atoms with E-state index in [4.69, 9.17) is 14.2 Å². The molecule has 2 rings (SSSR count). The highest BCUT2D eigenvalue weighted by atomic mass is 16.5. The van der Waals surface area contributed by atoms with E-state index in [0.29, 0.717) is 39.5 Å². The van der Waals surface area contributed by atoms with Crippen molar-refractivity contribution in [3.8, 4) is 5.75 Å². The van der Waals surface area contributed by atoms with Crippen LogP contribution in [0.4, 0.5) is 0 Å². The standard InChI is InChI=1S/C23H33N3O3/c1-5-28-11-12-29-22-13-18(2)9-10-21(22)16-26-23(24-3)25-15-19-7-6-8-20(14-19)17-27-4/h6-10,13-14H,5,11-12,15-17H2,1-4H3,(H2,24,25,26). The highest BCUT2D eigenvalue weighted by Gasteiger charge is 2.06. The van der Waals surface area contributed by atoms with Crippen molar-refractivity contribution in [3.05, 3.63) is 64.7 Å². The van der Waals surface area contributed by atoms with Crippen molar-refractivity contribution < 1.29 is 14.2 Å². The Morgan fingerprint density at radius 2 is 1.79 bits per heavy atom. The van der Waals surface area contributed by atoms with Crippen LogP contribution >= 0.6 is 0 Å². The molecule has 0 aliphatic heterocycles. The summed E-state index contributed by atoms with van der Waals surface area (Å²) in [6.07, 6.45) is 0. The number of benzene rings is 2. The molecule has 158 valence electrons. The lowest BCUT2D eigenvalue weighted by atomic mass is 10.1. The Hall–Kier alpha value is -2.57. The molecule has 0 aliphatic rings. The van der Waals surface area contributed by atoms with Crippen LogP contribution in [0.25, 0.3) is 0 Å². The first-order valence-corrected chi connectivity index (χ1v) is 9.97. The molecule has 2 N–H and O–H groups in total. The van der Waals surface area contributed by atoms with Crippen LogP contribution in [0.1, 0.15) is 29.2 Å². The van der Waals surface area contributed by atoms with Crippen LogP contribution < -0.4 is 15.4 Å². The number of nitrogens with zero attached hydrogens (tertiary/aromatic N) is 1. The van der Waals surface area contributed by atoms with Gasteiger partial charge < -0.3 is 24.8 Å². The summed E-state index contributed by atoms with van der Waals surface area (Å²) >= 11 is 0. The predicted octanol–water partition coefficient (Wildman–Crippen LogP) is 3.42. The van der Waals surface area contributed by atoms with Crippen molar-refractivity contribution in [1.82, 2.24) is 10.6 Å². The average Bonchev–Trinajstić information content (AvgIpc) is 2.73. The molecule has 0 bridgehead atoms. The van der Waals surface area contributed by atoms with Gasteiger partial charge in [0.15, 0.2) is 5.96 Å². The monoisotopic (exact) mass is 399 g/mol. The summed E-state index contributed by atoms with van der Waals surface area (Å²) in [7, 11) is 3.47. The number of hydrogen-bond donors (Lipinski definition) is 2. The molecule has 6 nitrogen and oxygen atoms in total. The van der Waals surface area contributed by atoms with E-state index in [9.17, 15) is 0 Å². The molecule has 6 heteroatoms. The van der Waals surface area contributed by atoms with Crippen LogP contribution in [-0.4, -0.2) is 39.9 Å². The van der Waals surface area contributed by atoms with Crippen molar-refractivity contribution in [1.29, 1.82) is 0 Å². The summed E-state index contributed by atoms with van der Waals surface area (Å²) in [5, 5.41) is 6.71. The molecule has 2 aromatic carbocycles. The first kappa shape index (κ1) is 22.7. The first-order valence-electron chi connectivity index (χ1n) is 9.97. The van der Waals surface area contributed by atoms with Gasteiger partial charge in [-0.25, -0.2) is 0 Å². The molecular formula is C23H33N3O3. The molecule has 0 unspecified atom stereocenters. The Bertz CT molecular complexity index is 778. The quantitative estimate of drug-likeness (QED) is 0.344. The van der Waals surface area contributed by atoms with Crippen LogP contribution in [-0.2, 0) is 29.2 Å². The second-order valence-corrected chi connectivity index (χ2v) is 6.69. The van der Waals surface area contributed by atoms with E-state index < -0.39 is 0 Å². The van der Waals surface area contributed by atoms with E-state index in [1.54, 1.807) is 14.2 Å². The lowest BCUT2D eigenvalue weighted by molar-refractivity contribution is 0.110. The number of aliphatic imine (C=N–C) groups is 1. The van der Waals surface area contributed by atoms with Gasteiger partial charge in [0.05, 0.1) is 13.2 Å². The Morgan fingerprint density at radius 3 is 2.55 bits per heavy atom. The molecule has 0 saturated carbocycles. The van der Waals surface area contributed by atoms with Gasteiger partial charge in [-0.1, -0.05) is 36.4 Å². The van der Waals surface area contributed by atoms with Gasteiger partial charge in [-0.2, -0.15) is 0 Å². The van der Waals surface area contributed by atoms with Gasteiger partial charge in [0.25, 0.3) is 0 Å². The van der Waals surface area contributed by atoms with E-state index in [1.807, 2.05) is 13.0 Å². The Kier molecular flexibility index (Phi) is 10.0. The van der Waals surface area contributed by atoms with E-state index in [1.165, 1.54) is 11.1 Å². The van der Waals surface area contributed by atoms with Crippen molar-refractivity contribution >= 4 is 5.96 Å². The van der Waals surface area contributed by atoms with Crippen molar-refractivity contribution in [2.45, 2.75) is 33.5 Å². The Morgan fingerprint density at radius 1 is 1.00 bits per heavy atom. The van der Waals surface area contributed by atoms with Crippen molar-refractivity contribution in [2.24, 2.45) is 4.99 Å². The first-order chi connectivity index (χ1) is 14.2. The third-order valence-corrected chi connectivity index (χ3v) is 4.34. The molecule has 0 radical (unpaired) electrons. The van der Waals surface area contributed by atoms with Crippen LogP contribution in [0.15, 0.2) is 47.5 Å². The number of nitrogens with one attached hydrogen (secondary N) is 2. The van der Waals surface area contributed by atoms with Gasteiger partial charge in [0.2, 0.25) is 0 Å². The van der Waals surface area contributed by atoms with Crippen LogP contribution in [0, 0.1) is 6.92 Å². The summed E-state index contributed by atoms with van der Waals surface area (Å²) in [5.41, 5.74) is 4.58.